The summed E-state index contributed by atoms with van der Waals surface area (Å²) in [7, 11) is 1.63. The van der Waals surface area contributed by atoms with Gasteiger partial charge in [0.05, 0.1) is 19.3 Å². The largest absolute Gasteiger partial charge is 0.497 e. The Morgan fingerprint density at radius 2 is 2.11 bits per heavy atom. The standard InChI is InChI=1S/C20H19ClN4O2/c1-27-16-7-3-5-14(9-16)17-10-18-20(26)23-12-19(25(18)24-17)22-11-13-4-2-6-15(21)8-13/h2-10,19,22H,11-12H2,1H3,(H,23,26)/t19-/m0/s1. The van der Waals surface area contributed by atoms with E-state index in [1.165, 1.54) is 0 Å². The fourth-order valence-corrected chi connectivity index (χ4v) is 3.35. The summed E-state index contributed by atoms with van der Waals surface area (Å²) in [4.78, 5) is 12.3. The average molecular weight is 383 g/mol. The molecule has 0 saturated heterocycles. The number of benzene rings is 2. The molecular weight excluding hydrogens is 364 g/mol. The Labute approximate surface area is 162 Å². The monoisotopic (exact) mass is 382 g/mol. The third-order valence-electron chi connectivity index (χ3n) is 4.52. The van der Waals surface area contributed by atoms with Crippen molar-refractivity contribution in [2.24, 2.45) is 0 Å². The minimum atomic E-state index is -0.143. The van der Waals surface area contributed by atoms with Gasteiger partial charge < -0.3 is 10.1 Å². The summed E-state index contributed by atoms with van der Waals surface area (Å²) in [5.74, 6) is 0.621. The van der Waals surface area contributed by atoms with Crippen molar-refractivity contribution in [3.63, 3.8) is 0 Å². The average Bonchev–Trinajstić information content (AvgIpc) is 3.14. The topological polar surface area (TPSA) is 68.2 Å². The zero-order chi connectivity index (χ0) is 18.8. The fourth-order valence-electron chi connectivity index (χ4n) is 3.13. The quantitative estimate of drug-likeness (QED) is 0.710. The third kappa shape index (κ3) is 3.67. The second-order valence-corrected chi connectivity index (χ2v) is 6.76. The van der Waals surface area contributed by atoms with Crippen molar-refractivity contribution in [3.8, 4) is 17.0 Å². The van der Waals surface area contributed by atoms with E-state index in [9.17, 15) is 4.79 Å². The van der Waals surface area contributed by atoms with Crippen molar-refractivity contribution in [1.82, 2.24) is 20.4 Å². The molecule has 0 fully saturated rings. The molecule has 3 aromatic rings. The van der Waals surface area contributed by atoms with Crippen molar-refractivity contribution < 1.29 is 9.53 Å². The van der Waals surface area contributed by atoms with Crippen LogP contribution in [0.2, 0.25) is 5.02 Å². The smallest absolute Gasteiger partial charge is 0.269 e. The number of nitrogens with one attached hydrogen (secondary N) is 2. The number of amides is 1. The van der Waals surface area contributed by atoms with Crippen molar-refractivity contribution in [2.75, 3.05) is 13.7 Å². The van der Waals surface area contributed by atoms with E-state index in [0.717, 1.165) is 22.6 Å². The summed E-state index contributed by atoms with van der Waals surface area (Å²) < 4.78 is 7.03. The molecule has 1 amide bonds. The lowest BCUT2D eigenvalue weighted by molar-refractivity contribution is 0.0900. The van der Waals surface area contributed by atoms with Gasteiger partial charge in [-0.2, -0.15) is 5.10 Å². The Morgan fingerprint density at radius 3 is 2.93 bits per heavy atom. The normalized spacial score (nSPS) is 15.9. The van der Waals surface area contributed by atoms with Crippen LogP contribution in [0.4, 0.5) is 0 Å². The van der Waals surface area contributed by atoms with Crippen molar-refractivity contribution >= 4 is 17.5 Å². The molecule has 0 radical (unpaired) electrons. The Hall–Kier alpha value is -2.83. The van der Waals surface area contributed by atoms with E-state index in [1.807, 2.05) is 48.5 Å². The van der Waals surface area contributed by atoms with Crippen LogP contribution in [0.25, 0.3) is 11.3 Å². The lowest BCUT2D eigenvalue weighted by Gasteiger charge is -2.25. The van der Waals surface area contributed by atoms with E-state index in [0.29, 0.717) is 23.8 Å². The van der Waals surface area contributed by atoms with Gasteiger partial charge >= 0.3 is 0 Å². The Morgan fingerprint density at radius 1 is 1.26 bits per heavy atom. The maximum Gasteiger partial charge on any atom is 0.269 e. The molecule has 0 saturated carbocycles. The summed E-state index contributed by atoms with van der Waals surface area (Å²) in [5, 5.41) is 11.7. The Balaban J connectivity index is 1.60. The lowest BCUT2D eigenvalue weighted by Crippen LogP contribution is -2.45. The van der Waals surface area contributed by atoms with Gasteiger partial charge in [-0.1, -0.05) is 35.9 Å². The van der Waals surface area contributed by atoms with Gasteiger partial charge in [0.2, 0.25) is 0 Å². The molecule has 0 unspecified atom stereocenters. The molecular formula is C20H19ClN4O2. The number of carbonyl (C=O) groups excluding carboxylic acids is 1. The molecule has 2 aromatic carbocycles. The second kappa shape index (κ2) is 7.42. The molecule has 1 aromatic heterocycles. The Kier molecular flexibility index (Phi) is 4.83. The van der Waals surface area contributed by atoms with Crippen LogP contribution in [0.3, 0.4) is 0 Å². The SMILES string of the molecule is COc1cccc(-c2cc3n(n2)[C@H](NCc2cccc(Cl)c2)CNC3=O)c1. The van der Waals surface area contributed by atoms with Gasteiger partial charge in [-0.3, -0.25) is 10.1 Å². The molecule has 7 heteroatoms. The van der Waals surface area contributed by atoms with E-state index in [4.69, 9.17) is 16.3 Å². The van der Waals surface area contributed by atoms with Crippen LogP contribution in [-0.2, 0) is 6.54 Å². The highest BCUT2D eigenvalue weighted by Crippen LogP contribution is 2.26. The molecule has 0 spiro atoms. The highest BCUT2D eigenvalue weighted by Gasteiger charge is 2.27. The molecule has 138 valence electrons. The first-order valence-corrected chi connectivity index (χ1v) is 9.02. The number of halogens is 1. The molecule has 2 N–H and O–H groups in total. The number of carbonyl (C=O) groups is 1. The van der Waals surface area contributed by atoms with E-state index >= 15 is 0 Å². The van der Waals surface area contributed by atoms with E-state index < -0.39 is 0 Å². The van der Waals surface area contributed by atoms with E-state index in [1.54, 1.807) is 17.9 Å². The summed E-state index contributed by atoms with van der Waals surface area (Å²) in [5.41, 5.74) is 3.23. The maximum absolute atomic E-state index is 12.3. The van der Waals surface area contributed by atoms with Crippen LogP contribution in [0.5, 0.6) is 5.75 Å². The predicted molar refractivity (Wildman–Crippen MR) is 104 cm³/mol. The van der Waals surface area contributed by atoms with Gasteiger partial charge in [-0.15, -0.1) is 0 Å². The number of hydrogen-bond acceptors (Lipinski definition) is 4. The van der Waals surface area contributed by atoms with Gasteiger partial charge in [-0.05, 0) is 35.9 Å². The van der Waals surface area contributed by atoms with Crippen LogP contribution < -0.4 is 15.4 Å². The summed E-state index contributed by atoms with van der Waals surface area (Å²) in [6.45, 7) is 1.08. The molecule has 0 bridgehead atoms. The highest BCUT2D eigenvalue weighted by molar-refractivity contribution is 6.30. The Bertz CT molecular complexity index is 986. The molecule has 4 rings (SSSR count). The van der Waals surface area contributed by atoms with Crippen LogP contribution in [-0.4, -0.2) is 29.3 Å². The van der Waals surface area contributed by atoms with Crippen LogP contribution >= 0.6 is 11.6 Å². The summed E-state index contributed by atoms with van der Waals surface area (Å²) >= 11 is 6.05. The van der Waals surface area contributed by atoms with E-state index in [-0.39, 0.29) is 12.1 Å². The molecule has 27 heavy (non-hydrogen) atoms. The highest BCUT2D eigenvalue weighted by atomic mass is 35.5. The number of methoxy groups -OCH3 is 1. The number of nitrogens with zero attached hydrogens (tertiary/aromatic N) is 2. The zero-order valence-corrected chi connectivity index (χ0v) is 15.5. The van der Waals surface area contributed by atoms with Gasteiger partial charge in [-0.25, -0.2) is 4.68 Å². The third-order valence-corrected chi connectivity index (χ3v) is 4.75. The number of rotatable bonds is 5. The predicted octanol–water partition coefficient (Wildman–Crippen LogP) is 3.24. The minimum absolute atomic E-state index is 0.127. The molecule has 1 atom stereocenters. The van der Waals surface area contributed by atoms with Gasteiger partial charge in [0.1, 0.15) is 17.6 Å². The molecule has 1 aliphatic heterocycles. The first-order chi connectivity index (χ1) is 13.1. The molecule has 2 heterocycles. The number of fused-ring (bicyclic) bond motifs is 1. The fraction of sp³-hybridized carbons (Fsp3) is 0.200. The van der Waals surface area contributed by atoms with Gasteiger partial charge in [0.15, 0.2) is 0 Å². The van der Waals surface area contributed by atoms with Gasteiger partial charge in [0.25, 0.3) is 5.91 Å². The van der Waals surface area contributed by atoms with Crippen LogP contribution in [0.15, 0.2) is 54.6 Å². The maximum atomic E-state index is 12.3. The van der Waals surface area contributed by atoms with Crippen molar-refractivity contribution in [3.05, 3.63) is 70.9 Å². The number of aromatic nitrogens is 2. The van der Waals surface area contributed by atoms with E-state index in [2.05, 4.69) is 15.7 Å². The molecule has 0 aliphatic carbocycles. The summed E-state index contributed by atoms with van der Waals surface area (Å²) in [6.07, 6.45) is -0.143. The van der Waals surface area contributed by atoms with Crippen molar-refractivity contribution in [1.29, 1.82) is 0 Å². The minimum Gasteiger partial charge on any atom is -0.497 e. The first kappa shape index (κ1) is 17.6. The first-order valence-electron chi connectivity index (χ1n) is 8.64. The molecule has 6 nitrogen and oxygen atoms in total. The second-order valence-electron chi connectivity index (χ2n) is 6.33. The van der Waals surface area contributed by atoms with Gasteiger partial charge in [0, 0.05) is 17.1 Å². The number of hydrogen-bond donors (Lipinski definition) is 2. The van der Waals surface area contributed by atoms with Crippen LogP contribution in [0, 0.1) is 0 Å². The lowest BCUT2D eigenvalue weighted by atomic mass is 10.1. The zero-order valence-electron chi connectivity index (χ0n) is 14.8. The van der Waals surface area contributed by atoms with Crippen LogP contribution in [0.1, 0.15) is 22.2 Å². The summed E-state index contributed by atoms with van der Waals surface area (Å²) in [6, 6.07) is 17.1. The molecule has 1 aliphatic rings. The number of ether oxygens (including phenoxy) is 1. The van der Waals surface area contributed by atoms with Crippen molar-refractivity contribution in [2.45, 2.75) is 12.7 Å².